The average molecular weight is 320 g/mol. The number of nitrogens with one attached hydrogen (secondary N) is 1. The topological polar surface area (TPSA) is 89.9 Å². The number of benzene rings is 1. The Balaban J connectivity index is 1.86. The monoisotopic (exact) mass is 320 g/mol. The van der Waals surface area contributed by atoms with Crippen LogP contribution in [0.15, 0.2) is 18.2 Å². The van der Waals surface area contributed by atoms with Gasteiger partial charge in [0.2, 0.25) is 5.91 Å². The van der Waals surface area contributed by atoms with Gasteiger partial charge in [-0.15, -0.1) is 0 Å². The lowest BCUT2D eigenvalue weighted by atomic mass is 10.0. The van der Waals surface area contributed by atoms with Crippen molar-refractivity contribution in [2.45, 2.75) is 38.8 Å². The van der Waals surface area contributed by atoms with Crippen molar-refractivity contribution in [2.24, 2.45) is 0 Å². The van der Waals surface area contributed by atoms with E-state index in [2.05, 4.69) is 5.32 Å². The predicted octanol–water partition coefficient (Wildman–Crippen LogP) is 1.16. The van der Waals surface area contributed by atoms with Crippen LogP contribution in [-0.4, -0.2) is 52.7 Å². The molecule has 1 saturated heterocycles. The first-order valence-corrected chi connectivity index (χ1v) is 7.95. The molecule has 0 radical (unpaired) electrons. The first kappa shape index (κ1) is 17.4. The second kappa shape index (κ2) is 8.08. The number of likely N-dealkylation sites (tertiary alicyclic amines) is 1. The van der Waals surface area contributed by atoms with Crippen LogP contribution in [0.2, 0.25) is 0 Å². The van der Waals surface area contributed by atoms with E-state index in [1.807, 2.05) is 11.8 Å². The van der Waals surface area contributed by atoms with E-state index < -0.39 is 5.97 Å². The summed E-state index contributed by atoms with van der Waals surface area (Å²) in [6, 6.07) is 4.91. The van der Waals surface area contributed by atoms with Crippen molar-refractivity contribution in [3.63, 3.8) is 0 Å². The van der Waals surface area contributed by atoms with Crippen molar-refractivity contribution in [3.05, 3.63) is 34.9 Å². The molecule has 1 aliphatic heterocycles. The molecule has 0 bridgehead atoms. The van der Waals surface area contributed by atoms with Gasteiger partial charge in [-0.05, 0) is 56.0 Å². The molecular weight excluding hydrogens is 296 g/mol. The highest BCUT2D eigenvalue weighted by molar-refractivity contribution is 5.88. The molecule has 0 spiro atoms. The van der Waals surface area contributed by atoms with Gasteiger partial charge in [0.05, 0.1) is 18.2 Å². The summed E-state index contributed by atoms with van der Waals surface area (Å²) in [4.78, 5) is 25.1. The highest BCUT2D eigenvalue weighted by atomic mass is 16.4. The normalized spacial score (nSPS) is 19.1. The summed E-state index contributed by atoms with van der Waals surface area (Å²) in [5, 5.41) is 21.5. The van der Waals surface area contributed by atoms with E-state index in [0.717, 1.165) is 37.1 Å². The summed E-state index contributed by atoms with van der Waals surface area (Å²) >= 11 is 0. The maximum atomic E-state index is 12.1. The van der Waals surface area contributed by atoms with Crippen LogP contribution in [0.1, 0.15) is 40.7 Å². The first-order valence-electron chi connectivity index (χ1n) is 7.95. The molecule has 6 heteroatoms. The zero-order valence-electron chi connectivity index (χ0n) is 13.4. The number of aliphatic hydroxyl groups is 1. The molecule has 2 rings (SSSR count). The average Bonchev–Trinajstić information content (AvgIpc) is 2.71. The fourth-order valence-corrected chi connectivity index (χ4v) is 2.74. The summed E-state index contributed by atoms with van der Waals surface area (Å²) in [5.74, 6) is -1.05. The number of aromatic carboxylic acids is 1. The number of carboxylic acids is 1. The summed E-state index contributed by atoms with van der Waals surface area (Å²) < 4.78 is 0. The minimum atomic E-state index is -0.972. The molecule has 23 heavy (non-hydrogen) atoms. The molecule has 1 fully saturated rings. The zero-order valence-corrected chi connectivity index (χ0v) is 13.4. The zero-order chi connectivity index (χ0) is 16.8. The van der Waals surface area contributed by atoms with E-state index in [0.29, 0.717) is 19.5 Å². The smallest absolute Gasteiger partial charge is 0.335 e. The highest BCUT2D eigenvalue weighted by Crippen LogP contribution is 2.12. The van der Waals surface area contributed by atoms with E-state index in [1.54, 1.807) is 18.2 Å². The SMILES string of the molecule is Cc1ccc(C(=O)O)cc1CNC(=O)CN1CCC[C@H](O)CC1. The lowest BCUT2D eigenvalue weighted by Gasteiger charge is -2.19. The standard InChI is InChI=1S/C17H24N2O4/c1-12-4-5-13(17(22)23)9-14(12)10-18-16(21)11-19-7-2-3-15(20)6-8-19/h4-5,9,15,20H,2-3,6-8,10-11H2,1H3,(H,18,21)(H,22,23)/t15-/m0/s1. The molecule has 0 aliphatic carbocycles. The maximum Gasteiger partial charge on any atom is 0.335 e. The van der Waals surface area contributed by atoms with Crippen molar-refractivity contribution < 1.29 is 19.8 Å². The van der Waals surface area contributed by atoms with Crippen LogP contribution in [0.25, 0.3) is 0 Å². The molecule has 1 heterocycles. The van der Waals surface area contributed by atoms with Crippen LogP contribution in [0.4, 0.5) is 0 Å². The predicted molar refractivity (Wildman–Crippen MR) is 86.3 cm³/mol. The van der Waals surface area contributed by atoms with Gasteiger partial charge in [0, 0.05) is 13.1 Å². The third kappa shape index (κ3) is 5.33. The van der Waals surface area contributed by atoms with Gasteiger partial charge in [0.15, 0.2) is 0 Å². The second-order valence-electron chi connectivity index (χ2n) is 6.08. The Kier molecular flexibility index (Phi) is 6.12. The lowest BCUT2D eigenvalue weighted by Crippen LogP contribution is -2.37. The number of carbonyl (C=O) groups is 2. The first-order chi connectivity index (χ1) is 11.0. The number of rotatable bonds is 5. The molecule has 1 aromatic rings. The van der Waals surface area contributed by atoms with Gasteiger partial charge in [-0.25, -0.2) is 4.79 Å². The summed E-state index contributed by atoms with van der Waals surface area (Å²) in [6.07, 6.45) is 2.13. The van der Waals surface area contributed by atoms with Crippen LogP contribution in [0, 0.1) is 6.92 Å². The van der Waals surface area contributed by atoms with Gasteiger partial charge in [-0.2, -0.15) is 0 Å². The van der Waals surface area contributed by atoms with Crippen molar-refractivity contribution in [1.82, 2.24) is 10.2 Å². The van der Waals surface area contributed by atoms with E-state index in [-0.39, 0.29) is 17.6 Å². The Bertz CT molecular complexity index is 574. The lowest BCUT2D eigenvalue weighted by molar-refractivity contribution is -0.122. The molecule has 0 saturated carbocycles. The van der Waals surface area contributed by atoms with Crippen LogP contribution in [0.5, 0.6) is 0 Å². The fourth-order valence-electron chi connectivity index (χ4n) is 2.74. The number of nitrogens with zero attached hydrogens (tertiary/aromatic N) is 1. The van der Waals surface area contributed by atoms with Gasteiger partial charge in [-0.1, -0.05) is 6.07 Å². The van der Waals surface area contributed by atoms with Crippen molar-refractivity contribution in [1.29, 1.82) is 0 Å². The molecule has 1 amide bonds. The summed E-state index contributed by atoms with van der Waals surface area (Å²) in [7, 11) is 0. The molecule has 1 aromatic carbocycles. The van der Waals surface area contributed by atoms with Crippen LogP contribution in [-0.2, 0) is 11.3 Å². The molecule has 0 unspecified atom stereocenters. The van der Waals surface area contributed by atoms with E-state index in [1.165, 1.54) is 0 Å². The third-order valence-electron chi connectivity index (χ3n) is 4.23. The van der Waals surface area contributed by atoms with Crippen LogP contribution in [0.3, 0.4) is 0 Å². The van der Waals surface area contributed by atoms with Crippen LogP contribution >= 0.6 is 0 Å². The Hall–Kier alpha value is -1.92. The van der Waals surface area contributed by atoms with E-state index >= 15 is 0 Å². The van der Waals surface area contributed by atoms with Crippen molar-refractivity contribution >= 4 is 11.9 Å². The molecule has 3 N–H and O–H groups in total. The minimum Gasteiger partial charge on any atom is -0.478 e. The van der Waals surface area contributed by atoms with Crippen molar-refractivity contribution in [3.8, 4) is 0 Å². The Morgan fingerprint density at radius 2 is 2.09 bits per heavy atom. The summed E-state index contributed by atoms with van der Waals surface area (Å²) in [6.45, 7) is 4.07. The van der Waals surface area contributed by atoms with Gasteiger partial charge >= 0.3 is 5.97 Å². The van der Waals surface area contributed by atoms with E-state index in [4.69, 9.17) is 5.11 Å². The Morgan fingerprint density at radius 1 is 1.30 bits per heavy atom. The molecule has 1 aliphatic rings. The molecule has 1 atom stereocenters. The molecule has 126 valence electrons. The molecular formula is C17H24N2O4. The number of aryl methyl sites for hydroxylation is 1. The number of hydrogen-bond donors (Lipinski definition) is 3. The molecule has 0 aromatic heterocycles. The van der Waals surface area contributed by atoms with E-state index in [9.17, 15) is 14.7 Å². The van der Waals surface area contributed by atoms with Gasteiger partial charge in [0.25, 0.3) is 0 Å². The maximum absolute atomic E-state index is 12.1. The van der Waals surface area contributed by atoms with Crippen LogP contribution < -0.4 is 5.32 Å². The fraction of sp³-hybridized carbons (Fsp3) is 0.529. The van der Waals surface area contributed by atoms with Gasteiger partial charge in [-0.3, -0.25) is 9.69 Å². The van der Waals surface area contributed by atoms with Gasteiger partial charge in [0.1, 0.15) is 0 Å². The third-order valence-corrected chi connectivity index (χ3v) is 4.23. The number of hydrogen-bond acceptors (Lipinski definition) is 4. The number of carboxylic acid groups (broad SMARTS) is 1. The van der Waals surface area contributed by atoms with Gasteiger partial charge < -0.3 is 15.5 Å². The number of aliphatic hydroxyl groups excluding tert-OH is 1. The quantitative estimate of drug-likeness (QED) is 0.757. The Morgan fingerprint density at radius 3 is 2.83 bits per heavy atom. The Labute approximate surface area is 136 Å². The number of amides is 1. The minimum absolute atomic E-state index is 0.0819. The molecule has 6 nitrogen and oxygen atoms in total. The highest BCUT2D eigenvalue weighted by Gasteiger charge is 2.17. The number of carbonyl (C=O) groups excluding carboxylic acids is 1. The largest absolute Gasteiger partial charge is 0.478 e. The van der Waals surface area contributed by atoms with Crippen molar-refractivity contribution in [2.75, 3.05) is 19.6 Å². The second-order valence-corrected chi connectivity index (χ2v) is 6.08. The summed E-state index contributed by atoms with van der Waals surface area (Å²) in [5.41, 5.74) is 1.99.